The Labute approximate surface area is 120 Å². The summed E-state index contributed by atoms with van der Waals surface area (Å²) < 4.78 is 12.7. The summed E-state index contributed by atoms with van der Waals surface area (Å²) in [6.45, 7) is 0. The highest BCUT2D eigenvalue weighted by atomic mass is 19.1. The number of carbonyl (C=O) groups excluding carboxylic acids is 1. The standard InChI is InChI=1S/C15H13FN2O3/c16-12-4-1-10(2-5-12)8-15(21)18-17-9-11-3-6-13(19)14(20)7-11/h1-7,9,19-20H,8H2,(H,18,21)/b17-9+. The number of hydrazone groups is 1. The minimum Gasteiger partial charge on any atom is -0.504 e. The Morgan fingerprint density at radius 2 is 1.86 bits per heavy atom. The number of amides is 1. The summed E-state index contributed by atoms with van der Waals surface area (Å²) in [6.07, 6.45) is 1.42. The van der Waals surface area contributed by atoms with Crippen molar-refractivity contribution in [3.63, 3.8) is 0 Å². The summed E-state index contributed by atoms with van der Waals surface area (Å²) in [5.74, 6) is -1.20. The number of aromatic hydroxyl groups is 2. The molecule has 108 valence electrons. The monoisotopic (exact) mass is 288 g/mol. The van der Waals surface area contributed by atoms with Gasteiger partial charge in [-0.3, -0.25) is 4.79 Å². The average molecular weight is 288 g/mol. The molecule has 1 amide bonds. The predicted molar refractivity (Wildman–Crippen MR) is 75.6 cm³/mol. The second-order valence-corrected chi connectivity index (χ2v) is 4.34. The van der Waals surface area contributed by atoms with E-state index < -0.39 is 0 Å². The number of halogens is 1. The number of benzene rings is 2. The third-order valence-electron chi connectivity index (χ3n) is 2.68. The third kappa shape index (κ3) is 4.31. The predicted octanol–water partition coefficient (Wildman–Crippen LogP) is 1.93. The number of nitrogens with one attached hydrogen (secondary N) is 1. The summed E-state index contributed by atoms with van der Waals surface area (Å²) in [5, 5.41) is 22.2. The molecule has 0 radical (unpaired) electrons. The van der Waals surface area contributed by atoms with Crippen LogP contribution in [0.5, 0.6) is 11.5 Å². The number of phenols is 2. The quantitative estimate of drug-likeness (QED) is 0.457. The van der Waals surface area contributed by atoms with E-state index in [1.165, 1.54) is 48.7 Å². The van der Waals surface area contributed by atoms with Crippen molar-refractivity contribution in [2.45, 2.75) is 6.42 Å². The van der Waals surface area contributed by atoms with Crippen molar-refractivity contribution in [2.75, 3.05) is 0 Å². The minimum absolute atomic E-state index is 0.0818. The molecule has 0 saturated carbocycles. The molecule has 0 aliphatic heterocycles. The van der Waals surface area contributed by atoms with Crippen LogP contribution in [0.25, 0.3) is 0 Å². The van der Waals surface area contributed by atoms with E-state index in [9.17, 15) is 14.3 Å². The van der Waals surface area contributed by atoms with Gasteiger partial charge in [0, 0.05) is 0 Å². The van der Waals surface area contributed by atoms with Crippen LogP contribution in [0.15, 0.2) is 47.6 Å². The van der Waals surface area contributed by atoms with Crippen molar-refractivity contribution in [2.24, 2.45) is 5.10 Å². The van der Waals surface area contributed by atoms with E-state index in [1.54, 1.807) is 0 Å². The van der Waals surface area contributed by atoms with Gasteiger partial charge in [0.25, 0.3) is 0 Å². The highest BCUT2D eigenvalue weighted by Crippen LogP contribution is 2.23. The lowest BCUT2D eigenvalue weighted by Gasteiger charge is -2.01. The first-order valence-corrected chi connectivity index (χ1v) is 6.13. The SMILES string of the molecule is O=C(Cc1ccc(F)cc1)N/N=C/c1ccc(O)c(O)c1. The van der Waals surface area contributed by atoms with Crippen LogP contribution < -0.4 is 5.43 Å². The molecule has 0 heterocycles. The van der Waals surface area contributed by atoms with Crippen molar-refractivity contribution in [3.8, 4) is 11.5 Å². The van der Waals surface area contributed by atoms with Gasteiger partial charge in [-0.25, -0.2) is 9.82 Å². The van der Waals surface area contributed by atoms with Crippen LogP contribution in [0.1, 0.15) is 11.1 Å². The van der Waals surface area contributed by atoms with Crippen LogP contribution in [0.3, 0.4) is 0 Å². The molecule has 0 bridgehead atoms. The molecule has 5 nitrogen and oxygen atoms in total. The van der Waals surface area contributed by atoms with E-state index in [1.807, 2.05) is 0 Å². The highest BCUT2D eigenvalue weighted by Gasteiger charge is 2.02. The molecule has 21 heavy (non-hydrogen) atoms. The number of rotatable bonds is 4. The van der Waals surface area contributed by atoms with E-state index in [2.05, 4.69) is 10.5 Å². The molecule has 3 N–H and O–H groups in total. The van der Waals surface area contributed by atoms with Gasteiger partial charge in [0.15, 0.2) is 11.5 Å². The molecule has 0 spiro atoms. The second-order valence-electron chi connectivity index (χ2n) is 4.34. The van der Waals surface area contributed by atoms with Crippen molar-refractivity contribution < 1.29 is 19.4 Å². The fourth-order valence-corrected chi connectivity index (χ4v) is 1.63. The summed E-state index contributed by atoms with van der Waals surface area (Å²) in [4.78, 5) is 11.6. The van der Waals surface area contributed by atoms with Gasteiger partial charge >= 0.3 is 0 Å². The Balaban J connectivity index is 1.89. The van der Waals surface area contributed by atoms with E-state index in [0.29, 0.717) is 11.1 Å². The first kappa shape index (κ1) is 14.5. The lowest BCUT2D eigenvalue weighted by molar-refractivity contribution is -0.120. The maximum Gasteiger partial charge on any atom is 0.244 e. The van der Waals surface area contributed by atoms with Gasteiger partial charge < -0.3 is 10.2 Å². The van der Waals surface area contributed by atoms with Gasteiger partial charge in [-0.05, 0) is 41.5 Å². The van der Waals surface area contributed by atoms with Gasteiger partial charge in [-0.2, -0.15) is 5.10 Å². The summed E-state index contributed by atoms with van der Waals surface area (Å²) in [5.41, 5.74) is 3.51. The smallest absolute Gasteiger partial charge is 0.244 e. The van der Waals surface area contributed by atoms with Crippen LogP contribution in [0.2, 0.25) is 0 Å². The number of hydrogen-bond acceptors (Lipinski definition) is 4. The third-order valence-corrected chi connectivity index (χ3v) is 2.68. The Bertz CT molecular complexity index is 669. The molecule has 0 aliphatic rings. The molecule has 0 fully saturated rings. The zero-order valence-electron chi connectivity index (χ0n) is 11.0. The van der Waals surface area contributed by atoms with Crippen LogP contribution in [-0.2, 0) is 11.2 Å². The Morgan fingerprint density at radius 3 is 2.52 bits per heavy atom. The number of carbonyl (C=O) groups is 1. The van der Waals surface area contributed by atoms with Gasteiger partial charge in [-0.1, -0.05) is 12.1 Å². The molecule has 6 heteroatoms. The topological polar surface area (TPSA) is 81.9 Å². The van der Waals surface area contributed by atoms with Gasteiger partial charge in [0.1, 0.15) is 5.82 Å². The van der Waals surface area contributed by atoms with E-state index in [0.717, 1.165) is 0 Å². The fourth-order valence-electron chi connectivity index (χ4n) is 1.63. The number of hydrogen-bond donors (Lipinski definition) is 3. The van der Waals surface area contributed by atoms with Crippen molar-refractivity contribution in [1.82, 2.24) is 5.43 Å². The normalized spacial score (nSPS) is 10.7. The van der Waals surface area contributed by atoms with Crippen molar-refractivity contribution >= 4 is 12.1 Å². The van der Waals surface area contributed by atoms with E-state index in [4.69, 9.17) is 5.11 Å². The van der Waals surface area contributed by atoms with Crippen LogP contribution in [0.4, 0.5) is 4.39 Å². The van der Waals surface area contributed by atoms with Gasteiger partial charge in [0.2, 0.25) is 5.91 Å². The largest absolute Gasteiger partial charge is 0.504 e. The van der Waals surface area contributed by atoms with Crippen LogP contribution in [0, 0.1) is 5.82 Å². The molecule has 2 rings (SSSR count). The molecular weight excluding hydrogens is 275 g/mol. The molecule has 2 aromatic carbocycles. The molecule has 0 unspecified atom stereocenters. The zero-order valence-corrected chi connectivity index (χ0v) is 11.0. The number of phenolic OH excluding ortho intramolecular Hbond substituents is 2. The zero-order chi connectivity index (χ0) is 15.2. The summed E-state index contributed by atoms with van der Waals surface area (Å²) >= 11 is 0. The molecule has 0 atom stereocenters. The summed E-state index contributed by atoms with van der Waals surface area (Å²) in [6, 6.07) is 9.77. The Morgan fingerprint density at radius 1 is 1.14 bits per heavy atom. The molecule has 0 aromatic heterocycles. The van der Waals surface area contributed by atoms with Crippen LogP contribution in [-0.4, -0.2) is 22.3 Å². The van der Waals surface area contributed by atoms with Crippen molar-refractivity contribution in [3.05, 3.63) is 59.4 Å². The lowest BCUT2D eigenvalue weighted by Crippen LogP contribution is -2.19. The van der Waals surface area contributed by atoms with Crippen molar-refractivity contribution in [1.29, 1.82) is 0 Å². The van der Waals surface area contributed by atoms with E-state index >= 15 is 0 Å². The van der Waals surface area contributed by atoms with Gasteiger partial charge in [0.05, 0.1) is 12.6 Å². The molecule has 2 aromatic rings. The Hall–Kier alpha value is -2.89. The fraction of sp³-hybridized carbons (Fsp3) is 0.0667. The first-order chi connectivity index (χ1) is 10.0. The molecular formula is C15H13FN2O3. The molecule has 0 saturated heterocycles. The maximum absolute atomic E-state index is 12.7. The average Bonchev–Trinajstić information content (AvgIpc) is 2.45. The minimum atomic E-state index is -0.357. The number of nitrogens with zero attached hydrogens (tertiary/aromatic N) is 1. The van der Waals surface area contributed by atoms with E-state index in [-0.39, 0.29) is 29.6 Å². The highest BCUT2D eigenvalue weighted by molar-refractivity contribution is 5.83. The molecule has 0 aliphatic carbocycles. The second kappa shape index (κ2) is 6.51. The Kier molecular flexibility index (Phi) is 4.50. The maximum atomic E-state index is 12.7. The van der Waals surface area contributed by atoms with Crippen LogP contribution >= 0.6 is 0 Å². The first-order valence-electron chi connectivity index (χ1n) is 6.13. The summed E-state index contributed by atoms with van der Waals surface area (Å²) in [7, 11) is 0. The van der Waals surface area contributed by atoms with Gasteiger partial charge in [-0.15, -0.1) is 0 Å². The lowest BCUT2D eigenvalue weighted by atomic mass is 10.1.